The highest BCUT2D eigenvalue weighted by molar-refractivity contribution is 14.1. The first kappa shape index (κ1) is 20.3. The van der Waals surface area contributed by atoms with E-state index in [1.807, 2.05) is 30.3 Å². The van der Waals surface area contributed by atoms with E-state index in [1.54, 1.807) is 30.3 Å². The van der Waals surface area contributed by atoms with E-state index in [0.29, 0.717) is 21.6 Å². The maximum atomic E-state index is 12.0. The number of nitrogens with one attached hydrogen (secondary N) is 2. The van der Waals surface area contributed by atoms with E-state index in [2.05, 4.69) is 54.4 Å². The number of hydrazone groups is 1. The number of halogens is 2. The van der Waals surface area contributed by atoms with E-state index in [-0.39, 0.29) is 12.5 Å². The smallest absolute Gasteiger partial charge is 0.259 e. The Balaban J connectivity index is 1.49. The molecule has 0 unspecified atom stereocenters. The van der Waals surface area contributed by atoms with Crippen LogP contribution in [0.4, 0.5) is 0 Å². The van der Waals surface area contributed by atoms with E-state index in [4.69, 9.17) is 4.42 Å². The molecule has 0 radical (unpaired) electrons. The highest BCUT2D eigenvalue weighted by atomic mass is 127. The minimum Gasteiger partial charge on any atom is -0.455 e. The quantitative estimate of drug-likeness (QED) is 0.274. The Bertz CT molecular complexity index is 1020. The zero-order valence-corrected chi connectivity index (χ0v) is 18.2. The molecule has 0 aliphatic rings. The number of carbonyl (C=O) groups excluding carboxylic acids is 2. The van der Waals surface area contributed by atoms with Gasteiger partial charge in [0.2, 0.25) is 0 Å². The van der Waals surface area contributed by atoms with Crippen LogP contribution in [0.2, 0.25) is 0 Å². The second-order valence-corrected chi connectivity index (χ2v) is 7.76. The lowest BCUT2D eigenvalue weighted by Crippen LogP contribution is -2.35. The van der Waals surface area contributed by atoms with Crippen molar-refractivity contribution in [3.8, 4) is 11.3 Å². The van der Waals surface area contributed by atoms with E-state index in [9.17, 15) is 9.59 Å². The summed E-state index contributed by atoms with van der Waals surface area (Å²) in [7, 11) is 0. The van der Waals surface area contributed by atoms with Gasteiger partial charge in [0, 0.05) is 13.6 Å². The maximum Gasteiger partial charge on any atom is 0.259 e. The van der Waals surface area contributed by atoms with Gasteiger partial charge in [-0.15, -0.1) is 0 Å². The summed E-state index contributed by atoms with van der Waals surface area (Å²) in [6.45, 7) is -0.191. The molecule has 142 valence electrons. The summed E-state index contributed by atoms with van der Waals surface area (Å²) in [5, 5.41) is 6.39. The summed E-state index contributed by atoms with van der Waals surface area (Å²) < 4.78 is 7.49. The molecule has 0 atom stereocenters. The zero-order chi connectivity index (χ0) is 19.9. The maximum absolute atomic E-state index is 12.0. The molecule has 0 fully saturated rings. The van der Waals surface area contributed by atoms with Crippen LogP contribution in [0, 0.1) is 3.57 Å². The largest absolute Gasteiger partial charge is 0.455 e. The minimum atomic E-state index is -0.443. The van der Waals surface area contributed by atoms with Crippen LogP contribution in [0.25, 0.3) is 11.3 Å². The van der Waals surface area contributed by atoms with Gasteiger partial charge in [-0.25, -0.2) is 5.43 Å². The highest BCUT2D eigenvalue weighted by Crippen LogP contribution is 2.22. The van der Waals surface area contributed by atoms with Crippen molar-refractivity contribution >= 4 is 56.5 Å². The molecule has 3 rings (SSSR count). The van der Waals surface area contributed by atoms with Gasteiger partial charge in [0.25, 0.3) is 11.8 Å². The number of benzene rings is 2. The first-order chi connectivity index (χ1) is 13.5. The van der Waals surface area contributed by atoms with Crippen LogP contribution in [-0.4, -0.2) is 24.6 Å². The Hall–Kier alpha value is -2.46. The fraction of sp³-hybridized carbons (Fsp3) is 0.0500. The SMILES string of the molecule is O=C(CNC(=O)c1ccccc1Br)N/N=C/c1ccc(-c2ccc(I)cc2)o1. The standard InChI is InChI=1S/C20H15BrIN3O3/c21-17-4-2-1-3-16(17)20(27)23-12-19(26)25-24-11-15-9-10-18(28-15)13-5-7-14(22)8-6-13/h1-11H,12H2,(H,23,27)(H,25,26)/b24-11+. The number of amides is 2. The molecule has 2 aromatic carbocycles. The van der Waals surface area contributed by atoms with E-state index >= 15 is 0 Å². The Morgan fingerprint density at radius 3 is 2.57 bits per heavy atom. The molecule has 6 nitrogen and oxygen atoms in total. The first-order valence-electron chi connectivity index (χ1n) is 8.23. The van der Waals surface area contributed by atoms with E-state index in [0.717, 1.165) is 9.13 Å². The lowest BCUT2D eigenvalue weighted by atomic mass is 10.2. The van der Waals surface area contributed by atoms with Gasteiger partial charge in [-0.05, 0) is 74.9 Å². The molecule has 3 aromatic rings. The van der Waals surface area contributed by atoms with Crippen molar-refractivity contribution < 1.29 is 14.0 Å². The van der Waals surface area contributed by atoms with Crippen LogP contribution in [0.5, 0.6) is 0 Å². The van der Waals surface area contributed by atoms with Gasteiger partial charge >= 0.3 is 0 Å². The van der Waals surface area contributed by atoms with Crippen LogP contribution >= 0.6 is 38.5 Å². The second kappa shape index (κ2) is 9.65. The van der Waals surface area contributed by atoms with E-state index in [1.165, 1.54) is 6.21 Å². The number of nitrogens with zero attached hydrogens (tertiary/aromatic N) is 1. The summed E-state index contributed by atoms with van der Waals surface area (Å²) in [6.07, 6.45) is 1.41. The van der Waals surface area contributed by atoms with Crippen LogP contribution in [0.3, 0.4) is 0 Å². The average Bonchev–Trinajstić information content (AvgIpc) is 3.16. The van der Waals surface area contributed by atoms with Crippen LogP contribution < -0.4 is 10.7 Å². The number of carbonyl (C=O) groups is 2. The van der Waals surface area contributed by atoms with Crippen molar-refractivity contribution in [3.63, 3.8) is 0 Å². The fourth-order valence-electron chi connectivity index (χ4n) is 2.30. The number of furan rings is 1. The van der Waals surface area contributed by atoms with Crippen LogP contribution in [0.1, 0.15) is 16.1 Å². The van der Waals surface area contributed by atoms with Crippen LogP contribution in [0.15, 0.2) is 74.7 Å². The third-order valence-corrected chi connectivity index (χ3v) is 5.08. The molecular weight excluding hydrogens is 537 g/mol. The zero-order valence-electron chi connectivity index (χ0n) is 14.5. The van der Waals surface area contributed by atoms with Gasteiger partial charge in [-0.1, -0.05) is 24.3 Å². The summed E-state index contributed by atoms with van der Waals surface area (Å²) >= 11 is 5.54. The molecule has 28 heavy (non-hydrogen) atoms. The predicted molar refractivity (Wildman–Crippen MR) is 119 cm³/mol. The Kier molecular flexibility index (Phi) is 6.99. The number of hydrogen-bond donors (Lipinski definition) is 2. The van der Waals surface area contributed by atoms with Gasteiger partial charge in [0.15, 0.2) is 0 Å². The third-order valence-electron chi connectivity index (χ3n) is 3.66. The summed E-state index contributed by atoms with van der Waals surface area (Å²) in [4.78, 5) is 23.9. The summed E-state index contributed by atoms with van der Waals surface area (Å²) in [5.41, 5.74) is 3.77. The molecule has 0 saturated heterocycles. The predicted octanol–water partition coefficient (Wildman–Crippen LogP) is 4.19. The fourth-order valence-corrected chi connectivity index (χ4v) is 3.12. The summed E-state index contributed by atoms with van der Waals surface area (Å²) in [6, 6.07) is 18.5. The average molecular weight is 552 g/mol. The van der Waals surface area contributed by atoms with Crippen molar-refractivity contribution in [2.24, 2.45) is 5.10 Å². The normalized spacial score (nSPS) is 10.8. The Morgan fingerprint density at radius 1 is 1.07 bits per heavy atom. The molecular formula is C20H15BrIN3O3. The van der Waals surface area contributed by atoms with Crippen LogP contribution in [-0.2, 0) is 4.79 Å². The topological polar surface area (TPSA) is 83.7 Å². The van der Waals surface area contributed by atoms with Gasteiger partial charge < -0.3 is 9.73 Å². The number of hydrogen-bond acceptors (Lipinski definition) is 4. The Morgan fingerprint density at radius 2 is 1.82 bits per heavy atom. The molecule has 1 aromatic heterocycles. The molecule has 1 heterocycles. The van der Waals surface area contributed by atoms with Gasteiger partial charge in [0.05, 0.1) is 18.3 Å². The molecule has 0 saturated carbocycles. The lowest BCUT2D eigenvalue weighted by Gasteiger charge is -2.05. The first-order valence-corrected chi connectivity index (χ1v) is 10.1. The molecule has 0 bridgehead atoms. The monoisotopic (exact) mass is 551 g/mol. The van der Waals surface area contributed by atoms with Crippen molar-refractivity contribution in [2.75, 3.05) is 6.54 Å². The third kappa shape index (κ3) is 5.52. The molecule has 0 spiro atoms. The van der Waals surface area contributed by atoms with Crippen molar-refractivity contribution in [3.05, 3.63) is 80.0 Å². The van der Waals surface area contributed by atoms with Gasteiger partial charge in [-0.2, -0.15) is 5.10 Å². The van der Waals surface area contributed by atoms with Crippen molar-refractivity contribution in [2.45, 2.75) is 0 Å². The molecule has 8 heteroatoms. The number of rotatable bonds is 6. The van der Waals surface area contributed by atoms with Crippen molar-refractivity contribution in [1.82, 2.24) is 10.7 Å². The molecule has 0 aliphatic heterocycles. The van der Waals surface area contributed by atoms with Gasteiger partial charge in [-0.3, -0.25) is 9.59 Å². The summed E-state index contributed by atoms with van der Waals surface area (Å²) in [5.74, 6) is 0.428. The highest BCUT2D eigenvalue weighted by Gasteiger charge is 2.10. The van der Waals surface area contributed by atoms with Gasteiger partial charge in [0.1, 0.15) is 11.5 Å². The van der Waals surface area contributed by atoms with E-state index < -0.39 is 5.91 Å². The van der Waals surface area contributed by atoms with Crippen molar-refractivity contribution in [1.29, 1.82) is 0 Å². The Labute approximate surface area is 183 Å². The molecule has 2 N–H and O–H groups in total. The molecule has 2 amide bonds. The molecule has 0 aliphatic carbocycles. The second-order valence-electron chi connectivity index (χ2n) is 5.66. The minimum absolute atomic E-state index is 0.191. The lowest BCUT2D eigenvalue weighted by molar-refractivity contribution is -0.120.